The molecule has 6 heteroatoms. The molecule has 2 aromatic heterocycles. The van der Waals surface area contributed by atoms with E-state index in [2.05, 4.69) is 20.9 Å². The average Bonchev–Trinajstić information content (AvgIpc) is 2.74. The van der Waals surface area contributed by atoms with E-state index in [4.69, 9.17) is 5.11 Å². The molecule has 18 heavy (non-hydrogen) atoms. The molecule has 0 aliphatic heterocycles. The molecule has 0 saturated heterocycles. The second-order valence-corrected chi connectivity index (χ2v) is 6.10. The fourth-order valence-electron chi connectivity index (χ4n) is 1.66. The van der Waals surface area contributed by atoms with Crippen LogP contribution in [-0.2, 0) is 6.54 Å². The van der Waals surface area contributed by atoms with Gasteiger partial charge in [0.2, 0.25) is 0 Å². The molecule has 2 rings (SSSR count). The largest absolute Gasteiger partial charge is 0.478 e. The third-order valence-electron chi connectivity index (χ3n) is 2.48. The lowest BCUT2D eigenvalue weighted by molar-refractivity contribution is 0.0697. The topological polar surface area (TPSA) is 53.4 Å². The monoisotopic (exact) mass is 326 g/mol. The summed E-state index contributed by atoms with van der Waals surface area (Å²) in [6.45, 7) is 0.647. The van der Waals surface area contributed by atoms with E-state index in [0.717, 1.165) is 9.35 Å². The molecular formula is C12H11BrN2O2S. The van der Waals surface area contributed by atoms with Gasteiger partial charge in [-0.05, 0) is 39.0 Å². The van der Waals surface area contributed by atoms with E-state index in [-0.39, 0.29) is 5.56 Å². The second-order valence-electron chi connectivity index (χ2n) is 3.81. The fourth-order valence-corrected chi connectivity index (χ4v) is 2.86. The average molecular weight is 327 g/mol. The number of aromatic nitrogens is 1. The van der Waals surface area contributed by atoms with Crippen molar-refractivity contribution in [1.29, 1.82) is 0 Å². The molecule has 0 aliphatic carbocycles. The normalized spacial score (nSPS) is 10.3. The van der Waals surface area contributed by atoms with Gasteiger partial charge in [-0.2, -0.15) is 0 Å². The van der Waals surface area contributed by atoms with Crippen molar-refractivity contribution in [3.63, 3.8) is 0 Å². The first-order valence-electron chi connectivity index (χ1n) is 5.19. The van der Waals surface area contributed by atoms with Crippen LogP contribution >= 0.6 is 27.3 Å². The van der Waals surface area contributed by atoms with Crippen LogP contribution in [0, 0.1) is 0 Å². The van der Waals surface area contributed by atoms with Crippen LogP contribution < -0.4 is 4.90 Å². The molecule has 0 bridgehead atoms. The lowest BCUT2D eigenvalue weighted by atomic mass is 10.2. The molecule has 0 aliphatic rings. The summed E-state index contributed by atoms with van der Waals surface area (Å²) < 4.78 is 1.07. The molecule has 0 amide bonds. The van der Waals surface area contributed by atoms with Gasteiger partial charge in [0.1, 0.15) is 0 Å². The lowest BCUT2D eigenvalue weighted by Gasteiger charge is -2.19. The summed E-state index contributed by atoms with van der Waals surface area (Å²) >= 11 is 5.02. The summed E-state index contributed by atoms with van der Waals surface area (Å²) in [4.78, 5) is 17.0. The Hall–Kier alpha value is -1.40. The van der Waals surface area contributed by atoms with E-state index in [0.29, 0.717) is 12.2 Å². The summed E-state index contributed by atoms with van der Waals surface area (Å²) in [7, 11) is 1.86. The molecule has 2 aromatic rings. The van der Waals surface area contributed by atoms with Crippen molar-refractivity contribution in [2.75, 3.05) is 11.9 Å². The highest BCUT2D eigenvalue weighted by Gasteiger charge is 2.13. The Morgan fingerprint density at radius 2 is 2.39 bits per heavy atom. The molecule has 0 aromatic carbocycles. The Balaban J connectivity index is 2.23. The molecule has 0 unspecified atom stereocenters. The first-order chi connectivity index (χ1) is 8.58. The Morgan fingerprint density at radius 1 is 1.61 bits per heavy atom. The Labute approximate surface area is 117 Å². The standard InChI is InChI=1S/C12H11BrN2O2S/c1-15(6-8-4-11(13)18-7-8)10-5-14-3-2-9(10)12(16)17/h2-5,7H,6H2,1H3,(H,16,17). The number of carboxylic acids is 1. The van der Waals surface area contributed by atoms with Gasteiger partial charge in [-0.15, -0.1) is 11.3 Å². The van der Waals surface area contributed by atoms with Crippen LogP contribution in [-0.4, -0.2) is 23.1 Å². The Morgan fingerprint density at radius 3 is 3.00 bits per heavy atom. The summed E-state index contributed by atoms with van der Waals surface area (Å²) in [5.74, 6) is -0.939. The van der Waals surface area contributed by atoms with Crippen LogP contribution in [0.5, 0.6) is 0 Å². The number of carboxylic acid groups (broad SMARTS) is 1. The van der Waals surface area contributed by atoms with Crippen LogP contribution in [0.15, 0.2) is 33.7 Å². The number of thiophene rings is 1. The number of hydrogen-bond acceptors (Lipinski definition) is 4. The number of nitrogens with zero attached hydrogens (tertiary/aromatic N) is 2. The first kappa shape index (κ1) is 13.0. The van der Waals surface area contributed by atoms with E-state index >= 15 is 0 Å². The smallest absolute Gasteiger partial charge is 0.337 e. The van der Waals surface area contributed by atoms with E-state index in [1.807, 2.05) is 23.4 Å². The van der Waals surface area contributed by atoms with E-state index in [1.54, 1.807) is 17.5 Å². The third kappa shape index (κ3) is 2.88. The molecule has 1 N–H and O–H groups in total. The van der Waals surface area contributed by atoms with Gasteiger partial charge in [0, 0.05) is 19.8 Å². The highest BCUT2D eigenvalue weighted by Crippen LogP contribution is 2.24. The van der Waals surface area contributed by atoms with Crippen LogP contribution in [0.1, 0.15) is 15.9 Å². The Kier molecular flexibility index (Phi) is 3.98. The van der Waals surface area contributed by atoms with Crippen molar-refractivity contribution in [3.05, 3.63) is 44.8 Å². The number of aromatic carboxylic acids is 1. The second kappa shape index (κ2) is 5.49. The number of anilines is 1. The molecule has 0 spiro atoms. The van der Waals surface area contributed by atoms with Crippen molar-refractivity contribution < 1.29 is 9.90 Å². The molecule has 0 atom stereocenters. The van der Waals surface area contributed by atoms with Gasteiger partial charge in [-0.1, -0.05) is 0 Å². The SMILES string of the molecule is CN(Cc1csc(Br)c1)c1cnccc1C(=O)O. The van der Waals surface area contributed by atoms with Crippen LogP contribution in [0.2, 0.25) is 0 Å². The van der Waals surface area contributed by atoms with Crippen molar-refractivity contribution in [3.8, 4) is 0 Å². The molecular weight excluding hydrogens is 316 g/mol. The summed E-state index contributed by atoms with van der Waals surface area (Å²) in [6, 6.07) is 3.54. The predicted octanol–water partition coefficient (Wildman–Crippen LogP) is 3.24. The maximum atomic E-state index is 11.1. The van der Waals surface area contributed by atoms with E-state index in [1.165, 1.54) is 12.3 Å². The minimum atomic E-state index is -0.939. The Bertz CT molecular complexity index is 571. The van der Waals surface area contributed by atoms with Crippen molar-refractivity contribution in [2.24, 2.45) is 0 Å². The number of halogens is 1. The fraction of sp³-hybridized carbons (Fsp3) is 0.167. The zero-order valence-electron chi connectivity index (χ0n) is 9.63. The van der Waals surface area contributed by atoms with Crippen molar-refractivity contribution in [1.82, 2.24) is 4.98 Å². The van der Waals surface area contributed by atoms with Gasteiger partial charge >= 0.3 is 5.97 Å². The van der Waals surface area contributed by atoms with Gasteiger partial charge in [0.25, 0.3) is 0 Å². The molecule has 94 valence electrons. The van der Waals surface area contributed by atoms with Crippen molar-refractivity contribution >= 4 is 38.9 Å². The highest BCUT2D eigenvalue weighted by atomic mass is 79.9. The van der Waals surface area contributed by atoms with Crippen LogP contribution in [0.25, 0.3) is 0 Å². The van der Waals surface area contributed by atoms with Gasteiger partial charge in [0.15, 0.2) is 0 Å². The summed E-state index contributed by atoms with van der Waals surface area (Å²) in [5, 5.41) is 11.2. The third-order valence-corrected chi connectivity index (χ3v) is 4.04. The van der Waals surface area contributed by atoms with E-state index < -0.39 is 5.97 Å². The summed E-state index contributed by atoms with van der Waals surface area (Å²) in [5.41, 5.74) is 2.02. The van der Waals surface area contributed by atoms with Gasteiger partial charge in [0.05, 0.1) is 21.2 Å². The highest BCUT2D eigenvalue weighted by molar-refractivity contribution is 9.11. The number of pyridine rings is 1. The molecule has 0 fully saturated rings. The number of carbonyl (C=O) groups is 1. The van der Waals surface area contributed by atoms with E-state index in [9.17, 15) is 4.79 Å². The van der Waals surface area contributed by atoms with Crippen LogP contribution in [0.4, 0.5) is 5.69 Å². The number of hydrogen-bond donors (Lipinski definition) is 1. The van der Waals surface area contributed by atoms with Crippen molar-refractivity contribution in [2.45, 2.75) is 6.54 Å². The van der Waals surface area contributed by atoms with Gasteiger partial charge in [-0.3, -0.25) is 4.98 Å². The maximum absolute atomic E-state index is 11.1. The maximum Gasteiger partial charge on any atom is 0.337 e. The van der Waals surface area contributed by atoms with Gasteiger partial charge < -0.3 is 10.0 Å². The number of rotatable bonds is 4. The molecule has 0 saturated carbocycles. The molecule has 4 nitrogen and oxygen atoms in total. The van der Waals surface area contributed by atoms with Crippen LogP contribution in [0.3, 0.4) is 0 Å². The lowest BCUT2D eigenvalue weighted by Crippen LogP contribution is -2.19. The predicted molar refractivity (Wildman–Crippen MR) is 75.3 cm³/mol. The zero-order valence-corrected chi connectivity index (χ0v) is 12.0. The minimum absolute atomic E-state index is 0.266. The van der Waals surface area contributed by atoms with Gasteiger partial charge in [-0.25, -0.2) is 4.79 Å². The molecule has 2 heterocycles. The quantitative estimate of drug-likeness (QED) is 0.937. The minimum Gasteiger partial charge on any atom is -0.478 e. The summed E-state index contributed by atoms with van der Waals surface area (Å²) in [6.07, 6.45) is 3.06. The molecule has 0 radical (unpaired) electrons. The zero-order chi connectivity index (χ0) is 13.1. The first-order valence-corrected chi connectivity index (χ1v) is 6.86.